The second-order valence-corrected chi connectivity index (χ2v) is 18.1. The normalized spacial score (nSPS) is 10.2. The van der Waals surface area contributed by atoms with E-state index in [1.54, 1.807) is 0 Å². The summed E-state index contributed by atoms with van der Waals surface area (Å²) in [6, 6.07) is 20.3. The van der Waals surface area contributed by atoms with Gasteiger partial charge in [-0.2, -0.15) is 0 Å². The minimum atomic E-state index is -0.826. The molecule has 33 heavy (non-hydrogen) atoms. The first-order valence-corrected chi connectivity index (χ1v) is 22.6. The Bertz CT molecular complexity index is 600. The van der Waals surface area contributed by atoms with E-state index in [1.165, 1.54) is 42.5 Å². The van der Waals surface area contributed by atoms with E-state index in [2.05, 4.69) is 65.8 Å². The van der Waals surface area contributed by atoms with Crippen LogP contribution in [-0.2, 0) is 20.8 Å². The summed E-state index contributed by atoms with van der Waals surface area (Å²) in [4.78, 5) is 0. The third-order valence-corrected chi connectivity index (χ3v) is 11.2. The van der Waals surface area contributed by atoms with E-state index in [0.717, 1.165) is 5.56 Å². The van der Waals surface area contributed by atoms with Gasteiger partial charge in [0.1, 0.15) is 0 Å². The quantitative estimate of drug-likeness (QED) is 0.152. The van der Waals surface area contributed by atoms with Crippen molar-refractivity contribution in [1.82, 2.24) is 0 Å². The number of allylic oxidation sites excluding steroid dienone is 2. The van der Waals surface area contributed by atoms with Crippen LogP contribution < -0.4 is 0 Å². The zero-order chi connectivity index (χ0) is 25.2. The van der Waals surface area contributed by atoms with Crippen molar-refractivity contribution in [3.05, 3.63) is 90.0 Å². The van der Waals surface area contributed by atoms with Crippen molar-refractivity contribution >= 4 is 38.9 Å². The molecular weight excluding hydrogens is 560 g/mol. The summed E-state index contributed by atoms with van der Waals surface area (Å²) < 4.78 is 0. The van der Waals surface area contributed by atoms with E-state index >= 15 is 0 Å². The van der Waals surface area contributed by atoms with Gasteiger partial charge in [-0.1, -0.05) is 42.5 Å². The Morgan fingerprint density at radius 1 is 0.667 bits per heavy atom. The van der Waals surface area contributed by atoms with E-state index in [9.17, 15) is 0 Å². The number of hydrogen-bond donors (Lipinski definition) is 0. The van der Waals surface area contributed by atoms with E-state index in [1.807, 2.05) is 60.7 Å². The van der Waals surface area contributed by atoms with Crippen LogP contribution >= 0.6 is 32.9 Å². The molecule has 5 heteroatoms. The third-order valence-electron chi connectivity index (χ3n) is 5.21. The molecule has 2 rings (SSSR count). The molecule has 0 bridgehead atoms. The molecule has 0 atom stereocenters. The van der Waals surface area contributed by atoms with Crippen molar-refractivity contribution in [2.45, 2.75) is 41.5 Å². The predicted octanol–water partition coefficient (Wildman–Crippen LogP) is 10.0. The van der Waals surface area contributed by atoms with Crippen LogP contribution in [0.2, 0.25) is 0 Å². The van der Waals surface area contributed by atoms with Crippen LogP contribution in [0.5, 0.6) is 0 Å². The number of benzene rings is 2. The van der Waals surface area contributed by atoms with Crippen LogP contribution in [0.25, 0.3) is 6.08 Å². The molecule has 0 radical (unpaired) electrons. The van der Waals surface area contributed by atoms with E-state index in [0.29, 0.717) is 0 Å². The Morgan fingerprint density at radius 2 is 1.03 bits per heavy atom. The van der Waals surface area contributed by atoms with Crippen molar-refractivity contribution in [3.8, 4) is 0 Å². The topological polar surface area (TPSA) is 0 Å². The molecule has 2 aromatic rings. The second kappa shape index (κ2) is 28.5. The molecule has 0 nitrogen and oxygen atoms in total. The molecule has 0 unspecified atom stereocenters. The standard InChI is InChI=1S/C16H13.2C6H15P.2ClH.Zr/c1-3-9-15(10-4-1)13-7-8-14-16-11-5-2-6-12-16;2*1-4-7(5-2)6-3;;;/h1-13H;2*4-6H2,1-3H3;2*1H;/q-1;;;;;+2. The zero-order valence-electron chi connectivity index (χ0n) is 21.5. The van der Waals surface area contributed by atoms with Crippen LogP contribution in [-0.4, -0.2) is 37.0 Å². The molecular formula is C28H45Cl2P2Zr+. The van der Waals surface area contributed by atoms with Gasteiger partial charge < -0.3 is 0 Å². The van der Waals surface area contributed by atoms with Gasteiger partial charge in [-0.15, -0.1) is 48.1 Å². The van der Waals surface area contributed by atoms with Gasteiger partial charge in [-0.3, -0.25) is 0 Å². The molecule has 0 heterocycles. The molecule has 2 aromatic carbocycles. The zero-order valence-corrected chi connectivity index (χ0v) is 27.5. The van der Waals surface area contributed by atoms with Crippen molar-refractivity contribution in [3.63, 3.8) is 0 Å². The Morgan fingerprint density at radius 3 is 1.36 bits per heavy atom. The fourth-order valence-electron chi connectivity index (χ4n) is 2.90. The van der Waals surface area contributed by atoms with Gasteiger partial charge in [0.15, 0.2) is 0 Å². The minimum absolute atomic E-state index is 0.137. The van der Waals surface area contributed by atoms with Crippen LogP contribution in [0.1, 0.15) is 52.7 Å². The fraction of sp³-hybridized carbons (Fsp3) is 0.429. The van der Waals surface area contributed by atoms with Gasteiger partial charge >= 0.3 is 37.9 Å². The fourth-order valence-corrected chi connectivity index (χ4v) is 5.90. The van der Waals surface area contributed by atoms with E-state index < -0.39 is 20.8 Å². The summed E-state index contributed by atoms with van der Waals surface area (Å²) in [5, 5.41) is 0. The second-order valence-electron chi connectivity index (χ2n) is 7.14. The molecule has 0 aromatic heterocycles. The third kappa shape index (κ3) is 23.7. The molecule has 0 aliphatic heterocycles. The molecule has 0 amide bonds. The van der Waals surface area contributed by atoms with Crippen LogP contribution in [0, 0.1) is 6.08 Å². The Balaban J connectivity index is 0. The van der Waals surface area contributed by atoms with E-state index in [-0.39, 0.29) is 15.8 Å². The first-order chi connectivity index (χ1) is 16.1. The van der Waals surface area contributed by atoms with E-state index in [4.69, 9.17) is 17.0 Å². The first kappa shape index (κ1) is 35.4. The number of halogens is 2. The van der Waals surface area contributed by atoms with Crippen molar-refractivity contribution in [2.24, 2.45) is 0 Å². The summed E-state index contributed by atoms with van der Waals surface area (Å²) in [6.07, 6.45) is 17.9. The van der Waals surface area contributed by atoms with Gasteiger partial charge in [-0.25, -0.2) is 0 Å². The molecule has 184 valence electrons. The van der Waals surface area contributed by atoms with Gasteiger partial charge in [0.2, 0.25) is 0 Å². The van der Waals surface area contributed by atoms with Crippen molar-refractivity contribution in [2.75, 3.05) is 37.0 Å². The maximum atomic E-state index is 4.93. The average Bonchev–Trinajstić information content (AvgIpc) is 2.87. The number of hydrogen-bond acceptors (Lipinski definition) is 0. The molecule has 0 fully saturated rings. The summed E-state index contributed by atoms with van der Waals surface area (Å²) in [5.41, 5.74) is 2.30. The summed E-state index contributed by atoms with van der Waals surface area (Å²) in [7, 11) is 10.1. The maximum absolute atomic E-state index is 4.93. The Labute approximate surface area is 226 Å². The van der Waals surface area contributed by atoms with Crippen molar-refractivity contribution < 1.29 is 20.8 Å². The summed E-state index contributed by atoms with van der Waals surface area (Å²) in [6.45, 7) is 13.8. The summed E-state index contributed by atoms with van der Waals surface area (Å²) >= 11 is -0.826. The predicted molar refractivity (Wildman–Crippen MR) is 160 cm³/mol. The molecule has 0 aliphatic rings. The van der Waals surface area contributed by atoms with Gasteiger partial charge in [0.05, 0.1) is 37.0 Å². The number of rotatable bonds is 9. The van der Waals surface area contributed by atoms with Crippen LogP contribution in [0.15, 0.2) is 72.8 Å². The SMILES string of the molecule is CC[PH+](CC)CC.CC[PH+](CC)CC.[C-](=CC=Cc1ccccc1)c1ccccc1.[Cl][Zr][Cl]. The Kier molecular flexibility index (Phi) is 30.6. The van der Waals surface area contributed by atoms with Crippen molar-refractivity contribution in [1.29, 1.82) is 0 Å². The molecule has 0 aliphatic carbocycles. The molecule has 0 saturated carbocycles. The summed E-state index contributed by atoms with van der Waals surface area (Å²) in [5.74, 6) is 0. The monoisotopic (exact) mass is 603 g/mol. The molecule has 0 spiro atoms. The van der Waals surface area contributed by atoms with Gasteiger partial charge in [0.25, 0.3) is 0 Å². The molecule has 0 saturated heterocycles. The Hall–Kier alpha value is 0.243. The van der Waals surface area contributed by atoms with Gasteiger partial charge in [-0.05, 0) is 62.9 Å². The molecule has 0 N–H and O–H groups in total. The average molecular weight is 606 g/mol. The van der Waals surface area contributed by atoms with Crippen LogP contribution in [0.4, 0.5) is 0 Å². The van der Waals surface area contributed by atoms with Crippen LogP contribution in [0.3, 0.4) is 0 Å². The van der Waals surface area contributed by atoms with Gasteiger partial charge in [0, 0.05) is 0 Å². The first-order valence-electron chi connectivity index (χ1n) is 12.1.